The van der Waals surface area contributed by atoms with Gasteiger partial charge in [-0.15, -0.1) is 0 Å². The highest BCUT2D eigenvalue weighted by Crippen LogP contribution is 2.07. The minimum absolute atomic E-state index is 0.0312. The summed E-state index contributed by atoms with van der Waals surface area (Å²) in [7, 11) is 0. The maximum absolute atomic E-state index is 13.1. The smallest absolute Gasteiger partial charge is 0.327 e. The van der Waals surface area contributed by atoms with E-state index in [1.807, 2.05) is 0 Å². The van der Waals surface area contributed by atoms with E-state index in [9.17, 15) is 29.1 Å². The van der Waals surface area contributed by atoms with Crippen LogP contribution in [-0.2, 0) is 30.4 Å². The number of hydrogen-bond acceptors (Lipinski definition) is 8. The standard InChI is InChI=1S/C21H31N5O7S/c1-11(27)17(23)20(31)25-14(9-12-5-3-2-4-6-12)19(30)24-13(7-8-16(22)28)18(29)26-15(10-34)21(32)33/h2-6,11,13-15,17,27,34H,7-10,23H2,1H3,(H2,22,28)(H,24,30)(H,25,31)(H,26,29)(H,32,33). The molecule has 5 unspecified atom stereocenters. The Balaban J connectivity index is 3.10. The Morgan fingerprint density at radius 3 is 1.97 bits per heavy atom. The normalized spacial score (nSPS) is 15.2. The maximum atomic E-state index is 13.1. The van der Waals surface area contributed by atoms with Gasteiger partial charge in [-0.3, -0.25) is 19.2 Å². The lowest BCUT2D eigenvalue weighted by Crippen LogP contribution is -2.58. The Labute approximate surface area is 202 Å². The Morgan fingerprint density at radius 1 is 0.941 bits per heavy atom. The van der Waals surface area contributed by atoms with Gasteiger partial charge in [-0.2, -0.15) is 12.6 Å². The highest BCUT2D eigenvalue weighted by atomic mass is 32.1. The number of carboxylic acids is 1. The molecule has 0 aliphatic rings. The third kappa shape index (κ3) is 9.77. The average Bonchev–Trinajstić information content (AvgIpc) is 2.78. The van der Waals surface area contributed by atoms with Crippen molar-refractivity contribution in [1.82, 2.24) is 16.0 Å². The topological polar surface area (TPSA) is 214 Å². The highest BCUT2D eigenvalue weighted by molar-refractivity contribution is 7.80. The van der Waals surface area contributed by atoms with Crippen LogP contribution >= 0.6 is 12.6 Å². The summed E-state index contributed by atoms with van der Waals surface area (Å²) >= 11 is 3.88. The van der Waals surface area contributed by atoms with E-state index in [1.54, 1.807) is 30.3 Å². The Kier molecular flexibility index (Phi) is 12.0. The molecule has 1 aromatic carbocycles. The molecule has 0 spiro atoms. The van der Waals surface area contributed by atoms with E-state index in [-0.39, 0.29) is 25.0 Å². The molecule has 0 radical (unpaired) electrons. The Bertz CT molecular complexity index is 868. The van der Waals surface area contributed by atoms with Crippen LogP contribution in [0.15, 0.2) is 30.3 Å². The summed E-state index contributed by atoms with van der Waals surface area (Å²) in [6, 6.07) is 3.56. The number of primary amides is 1. The minimum atomic E-state index is -1.33. The first-order valence-electron chi connectivity index (χ1n) is 10.5. The summed E-state index contributed by atoms with van der Waals surface area (Å²) in [4.78, 5) is 60.6. The number of hydrogen-bond donors (Lipinski definition) is 8. The molecule has 0 aliphatic carbocycles. The molecule has 4 amide bonds. The zero-order valence-corrected chi connectivity index (χ0v) is 19.5. The molecule has 9 N–H and O–H groups in total. The summed E-state index contributed by atoms with van der Waals surface area (Å²) in [5.41, 5.74) is 11.5. The third-order valence-electron chi connectivity index (χ3n) is 4.85. The second-order valence-corrected chi connectivity index (χ2v) is 8.03. The molecule has 1 rings (SSSR count). The summed E-state index contributed by atoms with van der Waals surface area (Å²) in [6.07, 6.45) is -1.61. The molecular formula is C21H31N5O7S. The van der Waals surface area contributed by atoms with Crippen molar-refractivity contribution in [3.05, 3.63) is 35.9 Å². The quantitative estimate of drug-likeness (QED) is 0.130. The number of rotatable bonds is 14. The van der Waals surface area contributed by atoms with Crippen molar-refractivity contribution in [2.24, 2.45) is 11.5 Å². The predicted molar refractivity (Wildman–Crippen MR) is 126 cm³/mol. The van der Waals surface area contributed by atoms with E-state index in [0.29, 0.717) is 5.56 Å². The van der Waals surface area contributed by atoms with Gasteiger partial charge in [0.25, 0.3) is 0 Å². The van der Waals surface area contributed by atoms with Gasteiger partial charge in [0.15, 0.2) is 0 Å². The van der Waals surface area contributed by atoms with Crippen LogP contribution < -0.4 is 27.4 Å². The van der Waals surface area contributed by atoms with Gasteiger partial charge in [-0.05, 0) is 18.9 Å². The van der Waals surface area contributed by atoms with Crippen LogP contribution in [0, 0.1) is 0 Å². The van der Waals surface area contributed by atoms with Crippen LogP contribution in [-0.4, -0.2) is 75.8 Å². The van der Waals surface area contributed by atoms with Gasteiger partial charge >= 0.3 is 5.97 Å². The van der Waals surface area contributed by atoms with Gasteiger partial charge in [0, 0.05) is 18.6 Å². The van der Waals surface area contributed by atoms with Crippen LogP contribution in [0.4, 0.5) is 0 Å². The SMILES string of the molecule is CC(O)C(N)C(=O)NC(Cc1ccccc1)C(=O)NC(CCC(N)=O)C(=O)NC(CS)C(=O)O. The lowest BCUT2D eigenvalue weighted by molar-refractivity contribution is -0.141. The molecule has 12 nitrogen and oxygen atoms in total. The second kappa shape index (κ2) is 14.2. The first-order valence-corrected chi connectivity index (χ1v) is 11.1. The number of aliphatic hydroxyl groups is 1. The molecule has 0 fully saturated rings. The van der Waals surface area contributed by atoms with Crippen molar-refractivity contribution in [2.75, 3.05) is 5.75 Å². The lowest BCUT2D eigenvalue weighted by atomic mass is 10.0. The number of carboxylic acid groups (broad SMARTS) is 1. The lowest BCUT2D eigenvalue weighted by Gasteiger charge is -2.25. The van der Waals surface area contributed by atoms with Gasteiger partial charge < -0.3 is 37.6 Å². The summed E-state index contributed by atoms with van der Waals surface area (Å²) < 4.78 is 0. The van der Waals surface area contributed by atoms with E-state index >= 15 is 0 Å². The van der Waals surface area contributed by atoms with E-state index in [2.05, 4.69) is 28.6 Å². The molecule has 1 aromatic rings. The van der Waals surface area contributed by atoms with Gasteiger partial charge in [-0.1, -0.05) is 30.3 Å². The van der Waals surface area contributed by atoms with Crippen molar-refractivity contribution < 1.29 is 34.2 Å². The van der Waals surface area contributed by atoms with Crippen LogP contribution in [0.3, 0.4) is 0 Å². The molecule has 188 valence electrons. The van der Waals surface area contributed by atoms with Crippen molar-refractivity contribution in [1.29, 1.82) is 0 Å². The van der Waals surface area contributed by atoms with Crippen molar-refractivity contribution in [2.45, 2.75) is 56.5 Å². The fraction of sp³-hybridized carbons (Fsp3) is 0.476. The molecule has 34 heavy (non-hydrogen) atoms. The fourth-order valence-electron chi connectivity index (χ4n) is 2.83. The number of thiol groups is 1. The van der Waals surface area contributed by atoms with E-state index in [0.717, 1.165) is 0 Å². The van der Waals surface area contributed by atoms with Crippen LogP contribution in [0.5, 0.6) is 0 Å². The first kappa shape index (κ1) is 28.9. The van der Waals surface area contributed by atoms with Crippen molar-refractivity contribution in [3.63, 3.8) is 0 Å². The summed E-state index contributed by atoms with van der Waals surface area (Å²) in [6.45, 7) is 1.32. The first-order chi connectivity index (χ1) is 16.0. The number of carbonyl (C=O) groups excluding carboxylic acids is 4. The summed E-state index contributed by atoms with van der Waals surface area (Å²) in [5, 5.41) is 25.9. The van der Waals surface area contributed by atoms with Crippen LogP contribution in [0.1, 0.15) is 25.3 Å². The third-order valence-corrected chi connectivity index (χ3v) is 5.21. The maximum Gasteiger partial charge on any atom is 0.327 e. The molecule has 0 saturated carbocycles. The Hall–Kier alpha value is -3.16. The molecule has 5 atom stereocenters. The highest BCUT2D eigenvalue weighted by Gasteiger charge is 2.31. The zero-order chi connectivity index (χ0) is 25.8. The molecular weight excluding hydrogens is 466 g/mol. The number of carbonyl (C=O) groups is 5. The number of nitrogens with two attached hydrogens (primary N) is 2. The van der Waals surface area contributed by atoms with Gasteiger partial charge in [0.2, 0.25) is 23.6 Å². The van der Waals surface area contributed by atoms with Crippen LogP contribution in [0.2, 0.25) is 0 Å². The van der Waals surface area contributed by atoms with Gasteiger partial charge in [0.1, 0.15) is 24.2 Å². The molecule has 0 aliphatic heterocycles. The zero-order valence-electron chi connectivity index (χ0n) is 18.6. The van der Waals surface area contributed by atoms with E-state index in [4.69, 9.17) is 16.6 Å². The van der Waals surface area contributed by atoms with Gasteiger partial charge in [0.05, 0.1) is 6.10 Å². The molecule has 0 bridgehead atoms. The molecule has 13 heteroatoms. The average molecular weight is 498 g/mol. The van der Waals surface area contributed by atoms with Crippen LogP contribution in [0.25, 0.3) is 0 Å². The number of benzene rings is 1. The molecule has 0 saturated heterocycles. The molecule has 0 aromatic heterocycles. The fourth-order valence-corrected chi connectivity index (χ4v) is 3.08. The van der Waals surface area contributed by atoms with Crippen molar-refractivity contribution >= 4 is 42.2 Å². The number of aliphatic carboxylic acids is 1. The summed E-state index contributed by atoms with van der Waals surface area (Å²) in [5.74, 6) is -4.69. The second-order valence-electron chi connectivity index (χ2n) is 7.67. The van der Waals surface area contributed by atoms with Gasteiger partial charge in [-0.25, -0.2) is 4.79 Å². The number of aliphatic hydroxyl groups excluding tert-OH is 1. The van der Waals surface area contributed by atoms with Crippen molar-refractivity contribution in [3.8, 4) is 0 Å². The number of amides is 4. The monoisotopic (exact) mass is 497 g/mol. The predicted octanol–water partition coefficient (Wildman–Crippen LogP) is -2.33. The Morgan fingerprint density at radius 2 is 1.47 bits per heavy atom. The van der Waals surface area contributed by atoms with E-state index < -0.39 is 59.9 Å². The molecule has 0 heterocycles. The van der Waals surface area contributed by atoms with E-state index in [1.165, 1.54) is 6.92 Å². The number of nitrogens with one attached hydrogen (secondary N) is 3. The largest absolute Gasteiger partial charge is 0.480 e. The minimum Gasteiger partial charge on any atom is -0.480 e.